The van der Waals surface area contributed by atoms with Crippen LogP contribution in [0.2, 0.25) is 5.02 Å². The lowest BCUT2D eigenvalue weighted by atomic mass is 9.97. The zero-order chi connectivity index (χ0) is 19.2. The Morgan fingerprint density at radius 1 is 1.00 bits per heavy atom. The predicted octanol–water partition coefficient (Wildman–Crippen LogP) is 5.57. The van der Waals surface area contributed by atoms with E-state index < -0.39 is 0 Å². The second-order valence-electron chi connectivity index (χ2n) is 6.31. The zero-order valence-corrected chi connectivity index (χ0v) is 16.2. The Balaban J connectivity index is 1.90. The Bertz CT molecular complexity index is 925. The second kappa shape index (κ2) is 8.74. The van der Waals surface area contributed by atoms with E-state index in [9.17, 15) is 4.79 Å². The maximum Gasteiger partial charge on any atom is 0.252 e. The highest BCUT2D eigenvalue weighted by Gasteiger charge is 2.18. The minimum Gasteiger partial charge on any atom is -0.492 e. The van der Waals surface area contributed by atoms with E-state index >= 15 is 0 Å². The van der Waals surface area contributed by atoms with Gasteiger partial charge in [0.15, 0.2) is 0 Å². The van der Waals surface area contributed by atoms with Gasteiger partial charge in [0.1, 0.15) is 5.75 Å². The first-order valence-corrected chi connectivity index (χ1v) is 9.31. The van der Waals surface area contributed by atoms with Crippen LogP contribution in [-0.4, -0.2) is 12.5 Å². The SMILES string of the molecule is CCOc1ccc(C(=O)N[C@H](c2ccccc2)c2cccc(C)c2)cc1Cl. The van der Waals surface area contributed by atoms with Crippen LogP contribution >= 0.6 is 11.6 Å². The van der Waals surface area contributed by atoms with Crippen LogP contribution in [0.5, 0.6) is 5.75 Å². The molecule has 0 aromatic heterocycles. The van der Waals surface area contributed by atoms with Crippen molar-refractivity contribution < 1.29 is 9.53 Å². The molecule has 0 spiro atoms. The third-order valence-electron chi connectivity index (χ3n) is 4.28. The van der Waals surface area contributed by atoms with E-state index in [1.54, 1.807) is 18.2 Å². The molecule has 0 radical (unpaired) electrons. The van der Waals surface area contributed by atoms with Crippen LogP contribution in [0.3, 0.4) is 0 Å². The van der Waals surface area contributed by atoms with Crippen molar-refractivity contribution in [3.05, 3.63) is 100 Å². The van der Waals surface area contributed by atoms with Gasteiger partial charge in [0.2, 0.25) is 0 Å². The summed E-state index contributed by atoms with van der Waals surface area (Å²) in [6, 6.07) is 22.9. The molecule has 1 atom stereocenters. The van der Waals surface area contributed by atoms with Crippen LogP contribution in [0.15, 0.2) is 72.8 Å². The van der Waals surface area contributed by atoms with Gasteiger partial charge < -0.3 is 10.1 Å². The molecule has 138 valence electrons. The summed E-state index contributed by atoms with van der Waals surface area (Å²) < 4.78 is 5.44. The molecule has 0 heterocycles. The van der Waals surface area contributed by atoms with E-state index in [0.717, 1.165) is 16.7 Å². The molecule has 27 heavy (non-hydrogen) atoms. The highest BCUT2D eigenvalue weighted by Crippen LogP contribution is 2.27. The smallest absolute Gasteiger partial charge is 0.252 e. The first kappa shape index (κ1) is 19.0. The first-order valence-electron chi connectivity index (χ1n) is 8.93. The number of carbonyl (C=O) groups excluding carboxylic acids is 1. The maximum atomic E-state index is 12.9. The number of ether oxygens (including phenoxy) is 1. The van der Waals surface area contributed by atoms with Gasteiger partial charge in [0.25, 0.3) is 5.91 Å². The quantitative estimate of drug-likeness (QED) is 0.608. The molecular formula is C23H22ClNO2. The van der Waals surface area contributed by atoms with Gasteiger partial charge in [-0.15, -0.1) is 0 Å². The lowest BCUT2D eigenvalue weighted by Gasteiger charge is -2.20. The van der Waals surface area contributed by atoms with Gasteiger partial charge in [-0.2, -0.15) is 0 Å². The van der Waals surface area contributed by atoms with E-state index in [1.807, 2.05) is 62.4 Å². The summed E-state index contributed by atoms with van der Waals surface area (Å²) in [6.07, 6.45) is 0. The molecule has 0 aliphatic carbocycles. The standard InChI is InChI=1S/C23H22ClNO2/c1-3-27-21-13-12-19(15-20(21)24)23(26)25-22(17-9-5-4-6-10-17)18-11-7-8-16(2)14-18/h4-15,22H,3H2,1-2H3,(H,25,26)/t22-/m1/s1. The molecule has 1 N–H and O–H groups in total. The van der Waals surface area contributed by atoms with E-state index in [0.29, 0.717) is 22.9 Å². The highest BCUT2D eigenvalue weighted by molar-refractivity contribution is 6.32. The van der Waals surface area contributed by atoms with Crippen molar-refractivity contribution in [2.24, 2.45) is 0 Å². The van der Waals surface area contributed by atoms with Crippen molar-refractivity contribution in [3.63, 3.8) is 0 Å². The van der Waals surface area contributed by atoms with Gasteiger partial charge in [-0.1, -0.05) is 71.8 Å². The number of rotatable bonds is 6. The molecule has 0 aliphatic rings. The largest absolute Gasteiger partial charge is 0.492 e. The molecule has 3 aromatic rings. The van der Waals surface area contributed by atoms with Gasteiger partial charge in [0, 0.05) is 5.56 Å². The van der Waals surface area contributed by atoms with Crippen molar-refractivity contribution in [1.82, 2.24) is 5.32 Å². The van der Waals surface area contributed by atoms with Crippen molar-refractivity contribution in [3.8, 4) is 5.75 Å². The van der Waals surface area contributed by atoms with Crippen LogP contribution in [0, 0.1) is 6.92 Å². The van der Waals surface area contributed by atoms with E-state index in [2.05, 4.69) is 11.4 Å². The summed E-state index contributed by atoms with van der Waals surface area (Å²) in [7, 11) is 0. The average molecular weight is 380 g/mol. The minimum absolute atomic E-state index is 0.185. The lowest BCUT2D eigenvalue weighted by molar-refractivity contribution is 0.0943. The fourth-order valence-electron chi connectivity index (χ4n) is 2.98. The molecule has 0 bridgehead atoms. The van der Waals surface area contributed by atoms with Gasteiger partial charge in [-0.25, -0.2) is 0 Å². The molecule has 0 aliphatic heterocycles. The number of benzene rings is 3. The topological polar surface area (TPSA) is 38.3 Å². The summed E-state index contributed by atoms with van der Waals surface area (Å²) in [5.74, 6) is 0.393. The maximum absolute atomic E-state index is 12.9. The van der Waals surface area contributed by atoms with Crippen LogP contribution in [0.4, 0.5) is 0 Å². The first-order chi connectivity index (χ1) is 13.1. The minimum atomic E-state index is -0.246. The Hall–Kier alpha value is -2.78. The van der Waals surface area contributed by atoms with Gasteiger partial charge in [0.05, 0.1) is 17.7 Å². The number of halogens is 1. The normalized spacial score (nSPS) is 11.7. The molecule has 3 rings (SSSR count). The summed E-state index contributed by atoms with van der Waals surface area (Å²) >= 11 is 6.24. The number of carbonyl (C=O) groups is 1. The van der Waals surface area contributed by atoms with Crippen LogP contribution < -0.4 is 10.1 Å². The van der Waals surface area contributed by atoms with Crippen LogP contribution in [0.1, 0.15) is 40.0 Å². The second-order valence-corrected chi connectivity index (χ2v) is 6.72. The molecule has 0 saturated carbocycles. The Labute approximate surface area is 164 Å². The molecule has 0 fully saturated rings. The predicted molar refractivity (Wildman–Crippen MR) is 110 cm³/mol. The number of hydrogen-bond donors (Lipinski definition) is 1. The third kappa shape index (κ3) is 4.69. The molecule has 3 nitrogen and oxygen atoms in total. The van der Waals surface area contributed by atoms with Gasteiger partial charge in [-0.3, -0.25) is 4.79 Å². The van der Waals surface area contributed by atoms with Gasteiger partial charge >= 0.3 is 0 Å². The van der Waals surface area contributed by atoms with Gasteiger partial charge in [-0.05, 0) is 43.2 Å². The summed E-state index contributed by atoms with van der Waals surface area (Å²) in [6.45, 7) is 4.46. The highest BCUT2D eigenvalue weighted by atomic mass is 35.5. The molecule has 0 saturated heterocycles. The molecular weight excluding hydrogens is 358 g/mol. The number of aryl methyl sites for hydroxylation is 1. The van der Waals surface area contributed by atoms with Crippen LogP contribution in [0.25, 0.3) is 0 Å². The number of nitrogens with one attached hydrogen (secondary N) is 1. The summed E-state index contributed by atoms with van der Waals surface area (Å²) in [4.78, 5) is 12.9. The number of amides is 1. The molecule has 0 unspecified atom stereocenters. The Morgan fingerprint density at radius 2 is 1.74 bits per heavy atom. The van der Waals surface area contributed by atoms with E-state index in [1.165, 1.54) is 0 Å². The lowest BCUT2D eigenvalue weighted by Crippen LogP contribution is -2.29. The third-order valence-corrected chi connectivity index (χ3v) is 4.57. The van der Waals surface area contributed by atoms with Crippen molar-refractivity contribution in [2.75, 3.05) is 6.61 Å². The molecule has 1 amide bonds. The van der Waals surface area contributed by atoms with Crippen molar-refractivity contribution in [2.45, 2.75) is 19.9 Å². The summed E-state index contributed by atoms with van der Waals surface area (Å²) in [5, 5.41) is 3.56. The fraction of sp³-hybridized carbons (Fsp3) is 0.174. The molecule has 4 heteroatoms. The monoisotopic (exact) mass is 379 g/mol. The molecule has 3 aromatic carbocycles. The summed E-state index contributed by atoms with van der Waals surface area (Å²) in [5.41, 5.74) is 3.70. The average Bonchev–Trinajstić information content (AvgIpc) is 2.68. The van der Waals surface area contributed by atoms with E-state index in [4.69, 9.17) is 16.3 Å². The Morgan fingerprint density at radius 3 is 2.41 bits per heavy atom. The fourth-order valence-corrected chi connectivity index (χ4v) is 3.22. The van der Waals surface area contributed by atoms with Crippen LogP contribution in [-0.2, 0) is 0 Å². The van der Waals surface area contributed by atoms with Crippen molar-refractivity contribution in [1.29, 1.82) is 0 Å². The van der Waals surface area contributed by atoms with Crippen molar-refractivity contribution >= 4 is 17.5 Å². The Kier molecular flexibility index (Phi) is 6.15. The number of hydrogen-bond acceptors (Lipinski definition) is 2. The van der Waals surface area contributed by atoms with E-state index in [-0.39, 0.29) is 11.9 Å². The zero-order valence-electron chi connectivity index (χ0n) is 15.4.